The van der Waals surface area contributed by atoms with E-state index in [9.17, 15) is 8.42 Å². The molecule has 0 aromatic rings. The number of nitrogens with two attached hydrogens (primary N) is 1. The maximum absolute atomic E-state index is 11.3. The van der Waals surface area contributed by atoms with Crippen LogP contribution in [0.15, 0.2) is 0 Å². The molecule has 90 valence electrons. The number of hydrogen-bond donors (Lipinski definition) is 2. The van der Waals surface area contributed by atoms with Gasteiger partial charge in [0.05, 0.1) is 17.3 Å². The minimum absolute atomic E-state index is 0.00604. The van der Waals surface area contributed by atoms with Crippen LogP contribution in [0.1, 0.15) is 19.8 Å². The lowest BCUT2D eigenvalue weighted by Gasteiger charge is -2.06. The van der Waals surface area contributed by atoms with Crippen molar-refractivity contribution in [1.29, 1.82) is 0 Å². The van der Waals surface area contributed by atoms with E-state index in [0.717, 1.165) is 0 Å². The number of hydrogen-bond acceptors (Lipinski definition) is 4. The first kappa shape index (κ1) is 14.8. The summed E-state index contributed by atoms with van der Waals surface area (Å²) >= 11 is 4.67. The van der Waals surface area contributed by atoms with Crippen molar-refractivity contribution in [2.45, 2.75) is 19.8 Å². The molecule has 15 heavy (non-hydrogen) atoms. The van der Waals surface area contributed by atoms with E-state index in [2.05, 4.69) is 16.9 Å². The smallest absolute Gasteiger partial charge is 0.213 e. The van der Waals surface area contributed by atoms with Crippen LogP contribution in [0.4, 0.5) is 0 Å². The Bertz CT molecular complexity index is 278. The molecule has 0 aromatic carbocycles. The molecule has 0 atom stereocenters. The van der Waals surface area contributed by atoms with Crippen molar-refractivity contribution in [3.63, 3.8) is 0 Å². The fourth-order valence-electron chi connectivity index (χ4n) is 0.875. The first-order valence-corrected chi connectivity index (χ1v) is 6.87. The summed E-state index contributed by atoms with van der Waals surface area (Å²) in [6.45, 7) is 2.94. The van der Waals surface area contributed by atoms with Crippen LogP contribution in [-0.2, 0) is 14.8 Å². The summed E-state index contributed by atoms with van der Waals surface area (Å²) in [6, 6.07) is 0. The summed E-state index contributed by atoms with van der Waals surface area (Å²) in [5.41, 5.74) is 5.27. The Morgan fingerprint density at radius 1 is 1.53 bits per heavy atom. The SMILES string of the molecule is CCOCCS(=O)(=O)NCCCC(N)=S. The molecule has 0 aliphatic rings. The molecule has 0 spiro atoms. The third-order valence-electron chi connectivity index (χ3n) is 1.62. The van der Waals surface area contributed by atoms with Crippen LogP contribution in [0.5, 0.6) is 0 Å². The third-order valence-corrected chi connectivity index (χ3v) is 3.17. The van der Waals surface area contributed by atoms with E-state index in [1.165, 1.54) is 0 Å². The van der Waals surface area contributed by atoms with E-state index in [1.807, 2.05) is 6.92 Å². The third kappa shape index (κ3) is 10.1. The molecular weight excluding hydrogens is 236 g/mol. The summed E-state index contributed by atoms with van der Waals surface area (Å²) in [4.78, 5) is 0.406. The Labute approximate surface area is 96.4 Å². The maximum Gasteiger partial charge on any atom is 0.213 e. The first-order valence-electron chi connectivity index (χ1n) is 4.81. The topological polar surface area (TPSA) is 81.4 Å². The average molecular weight is 254 g/mol. The lowest BCUT2D eigenvalue weighted by atomic mass is 10.3. The Balaban J connectivity index is 3.60. The lowest BCUT2D eigenvalue weighted by Crippen LogP contribution is -2.29. The van der Waals surface area contributed by atoms with Gasteiger partial charge in [0.15, 0.2) is 0 Å². The number of rotatable bonds is 9. The Morgan fingerprint density at radius 3 is 2.73 bits per heavy atom. The second-order valence-corrected chi connectivity index (χ2v) is 5.43. The zero-order valence-electron chi connectivity index (χ0n) is 8.86. The van der Waals surface area contributed by atoms with Crippen LogP contribution < -0.4 is 10.5 Å². The van der Waals surface area contributed by atoms with E-state index in [4.69, 9.17) is 10.5 Å². The first-order chi connectivity index (χ1) is 6.98. The van der Waals surface area contributed by atoms with Gasteiger partial charge in [-0.15, -0.1) is 0 Å². The molecule has 0 radical (unpaired) electrons. The minimum Gasteiger partial charge on any atom is -0.393 e. The molecule has 0 amide bonds. The van der Waals surface area contributed by atoms with Crippen molar-refractivity contribution in [3.05, 3.63) is 0 Å². The fraction of sp³-hybridized carbons (Fsp3) is 0.875. The molecule has 0 aromatic heterocycles. The highest BCUT2D eigenvalue weighted by Crippen LogP contribution is 1.90. The van der Waals surface area contributed by atoms with Gasteiger partial charge < -0.3 is 10.5 Å². The van der Waals surface area contributed by atoms with Crippen molar-refractivity contribution in [1.82, 2.24) is 4.72 Å². The standard InChI is InChI=1S/C8H18N2O3S2/c1-2-13-6-7-15(11,12)10-5-3-4-8(9)14/h10H,2-7H2,1H3,(H2,9,14). The number of thiocarbonyl (C=S) groups is 1. The highest BCUT2D eigenvalue weighted by Gasteiger charge is 2.08. The van der Waals surface area contributed by atoms with Gasteiger partial charge in [0, 0.05) is 13.2 Å². The van der Waals surface area contributed by atoms with Crippen LogP contribution in [0.25, 0.3) is 0 Å². The molecule has 0 bridgehead atoms. The van der Waals surface area contributed by atoms with Gasteiger partial charge in [-0.3, -0.25) is 0 Å². The Hall–Kier alpha value is -0.240. The van der Waals surface area contributed by atoms with Crippen molar-refractivity contribution in [3.8, 4) is 0 Å². The zero-order chi connectivity index (χ0) is 11.7. The predicted molar refractivity (Wildman–Crippen MR) is 64.3 cm³/mol. The van der Waals surface area contributed by atoms with Gasteiger partial charge in [0.25, 0.3) is 0 Å². The molecule has 3 N–H and O–H groups in total. The molecule has 0 unspecified atom stereocenters. The molecule has 5 nitrogen and oxygen atoms in total. The summed E-state index contributed by atoms with van der Waals surface area (Å²) in [6.07, 6.45) is 1.19. The molecule has 0 rings (SSSR count). The van der Waals surface area contributed by atoms with Crippen molar-refractivity contribution in [2.24, 2.45) is 5.73 Å². The van der Waals surface area contributed by atoms with E-state index in [1.54, 1.807) is 0 Å². The van der Waals surface area contributed by atoms with Gasteiger partial charge in [0.1, 0.15) is 0 Å². The van der Waals surface area contributed by atoms with Gasteiger partial charge in [-0.1, -0.05) is 12.2 Å². The highest BCUT2D eigenvalue weighted by atomic mass is 32.2. The lowest BCUT2D eigenvalue weighted by molar-refractivity contribution is 0.163. The number of sulfonamides is 1. The second-order valence-electron chi connectivity index (χ2n) is 2.98. The summed E-state index contributed by atoms with van der Waals surface area (Å²) in [5, 5.41) is 0. The molecule has 7 heteroatoms. The Kier molecular flexibility index (Phi) is 7.85. The van der Waals surface area contributed by atoms with E-state index in [-0.39, 0.29) is 12.4 Å². The van der Waals surface area contributed by atoms with Gasteiger partial charge in [-0.25, -0.2) is 13.1 Å². The van der Waals surface area contributed by atoms with Gasteiger partial charge >= 0.3 is 0 Å². The monoisotopic (exact) mass is 254 g/mol. The van der Waals surface area contributed by atoms with Crippen LogP contribution >= 0.6 is 12.2 Å². The van der Waals surface area contributed by atoms with Gasteiger partial charge in [0.2, 0.25) is 10.0 Å². The van der Waals surface area contributed by atoms with Crippen molar-refractivity contribution >= 4 is 27.2 Å². The second kappa shape index (κ2) is 7.98. The van der Waals surface area contributed by atoms with E-state index in [0.29, 0.717) is 31.0 Å². The largest absolute Gasteiger partial charge is 0.393 e. The van der Waals surface area contributed by atoms with Crippen LogP contribution in [-0.4, -0.2) is 38.9 Å². The Morgan fingerprint density at radius 2 is 2.20 bits per heavy atom. The summed E-state index contributed by atoms with van der Waals surface area (Å²) in [7, 11) is -3.21. The molecule has 0 saturated heterocycles. The summed E-state index contributed by atoms with van der Waals surface area (Å²) in [5.74, 6) is -0.00604. The van der Waals surface area contributed by atoms with E-state index < -0.39 is 10.0 Å². The predicted octanol–water partition coefficient (Wildman–Crippen LogP) is 0.00860. The van der Waals surface area contributed by atoms with Gasteiger partial charge in [-0.2, -0.15) is 0 Å². The van der Waals surface area contributed by atoms with E-state index >= 15 is 0 Å². The fourth-order valence-corrected chi connectivity index (χ4v) is 1.96. The van der Waals surface area contributed by atoms with Crippen molar-refractivity contribution < 1.29 is 13.2 Å². The van der Waals surface area contributed by atoms with Crippen molar-refractivity contribution in [2.75, 3.05) is 25.5 Å². The highest BCUT2D eigenvalue weighted by molar-refractivity contribution is 7.89. The molecular formula is C8H18N2O3S2. The average Bonchev–Trinajstić information content (AvgIpc) is 2.13. The summed E-state index contributed by atoms with van der Waals surface area (Å²) < 4.78 is 30.0. The number of ether oxygens (including phenoxy) is 1. The van der Waals surface area contributed by atoms with Gasteiger partial charge in [-0.05, 0) is 19.8 Å². The molecule has 0 saturated carbocycles. The maximum atomic E-state index is 11.3. The quantitative estimate of drug-likeness (QED) is 0.447. The van der Waals surface area contributed by atoms with Crippen LogP contribution in [0.3, 0.4) is 0 Å². The normalized spacial score (nSPS) is 11.5. The van der Waals surface area contributed by atoms with Crippen LogP contribution in [0, 0.1) is 0 Å². The molecule has 0 aliphatic carbocycles. The number of nitrogens with one attached hydrogen (secondary N) is 1. The molecule has 0 fully saturated rings. The molecule has 0 aliphatic heterocycles. The van der Waals surface area contributed by atoms with Crippen LogP contribution in [0.2, 0.25) is 0 Å². The zero-order valence-corrected chi connectivity index (χ0v) is 10.5. The molecule has 0 heterocycles. The minimum atomic E-state index is -3.21.